The molecular formula is C7H17NS. The van der Waals surface area contributed by atoms with Crippen molar-refractivity contribution in [2.24, 2.45) is 0 Å². The summed E-state index contributed by atoms with van der Waals surface area (Å²) in [6.45, 7) is 2.07. The Morgan fingerprint density at radius 2 is 2.00 bits per heavy atom. The smallest absolute Gasteiger partial charge is 0.0286 e. The van der Waals surface area contributed by atoms with Crippen molar-refractivity contribution in [2.75, 3.05) is 25.4 Å². The quantitative estimate of drug-likeness (QED) is 0.641. The third-order valence-corrected chi connectivity index (χ3v) is 3.06. The molecule has 0 unspecified atom stereocenters. The summed E-state index contributed by atoms with van der Waals surface area (Å²) in [6.07, 6.45) is 6.72. The van der Waals surface area contributed by atoms with E-state index >= 15 is 0 Å². The minimum atomic E-state index is -0.473. The lowest BCUT2D eigenvalue weighted by Gasteiger charge is -2.25. The largest absolute Gasteiger partial charge is 0.312 e. The Hall–Kier alpha value is 0.0500. The molecule has 0 aromatic rings. The van der Waals surface area contributed by atoms with Crippen LogP contribution in [0.15, 0.2) is 11.5 Å². The second-order valence-corrected chi connectivity index (χ2v) is 6.40. The van der Waals surface area contributed by atoms with Crippen LogP contribution >= 0.6 is 10.0 Å². The predicted molar refractivity (Wildman–Crippen MR) is 48.2 cm³/mol. The van der Waals surface area contributed by atoms with Crippen molar-refractivity contribution in [2.45, 2.75) is 6.92 Å². The molecule has 0 fully saturated rings. The van der Waals surface area contributed by atoms with E-state index in [0.717, 1.165) is 5.88 Å². The van der Waals surface area contributed by atoms with Gasteiger partial charge in [0.15, 0.2) is 0 Å². The molecule has 56 valence electrons. The lowest BCUT2D eigenvalue weighted by molar-refractivity contribution is 0.977. The van der Waals surface area contributed by atoms with E-state index in [0.29, 0.717) is 0 Å². The van der Waals surface area contributed by atoms with Crippen LogP contribution in [-0.2, 0) is 0 Å². The van der Waals surface area contributed by atoms with Crippen LogP contribution in [0.4, 0.5) is 0 Å². The molecule has 0 aromatic heterocycles. The molecule has 0 saturated heterocycles. The molecule has 0 heterocycles. The zero-order chi connectivity index (χ0) is 7.33. The molecular weight excluding hydrogens is 130 g/mol. The van der Waals surface area contributed by atoms with Crippen molar-refractivity contribution in [1.82, 2.24) is 5.32 Å². The second kappa shape index (κ2) is 3.96. The summed E-state index contributed by atoms with van der Waals surface area (Å²) in [5.41, 5.74) is 0. The van der Waals surface area contributed by atoms with E-state index in [2.05, 4.69) is 36.2 Å². The average Bonchev–Trinajstić information content (AvgIpc) is 1.64. The number of rotatable bonds is 3. The molecule has 0 aliphatic carbocycles. The van der Waals surface area contributed by atoms with E-state index < -0.39 is 10.0 Å². The van der Waals surface area contributed by atoms with Crippen molar-refractivity contribution < 1.29 is 0 Å². The van der Waals surface area contributed by atoms with Gasteiger partial charge in [-0.25, -0.2) is 10.0 Å². The lowest BCUT2D eigenvalue weighted by atomic mass is 10.8. The molecule has 0 rings (SSSR count). The molecule has 0 aliphatic rings. The standard InChI is InChI=1S/C7H17NS/c1-5-6-9(3,4)7-8-2/h5-6,8H,7H2,1-4H3. The van der Waals surface area contributed by atoms with Gasteiger partial charge in [0.25, 0.3) is 0 Å². The lowest BCUT2D eigenvalue weighted by Crippen LogP contribution is -2.13. The maximum Gasteiger partial charge on any atom is 0.0286 e. The Bertz CT molecular complexity index is 97.1. The zero-order valence-electron chi connectivity index (χ0n) is 6.77. The van der Waals surface area contributed by atoms with Crippen molar-refractivity contribution in [1.29, 1.82) is 0 Å². The van der Waals surface area contributed by atoms with Crippen molar-refractivity contribution in [3.8, 4) is 0 Å². The number of hydrogen-bond donors (Lipinski definition) is 1. The Balaban J connectivity index is 3.70. The van der Waals surface area contributed by atoms with Gasteiger partial charge in [0.1, 0.15) is 0 Å². The minimum absolute atomic E-state index is 0.473. The van der Waals surface area contributed by atoms with Crippen molar-refractivity contribution >= 4 is 10.0 Å². The molecule has 0 aromatic carbocycles. The first-order valence-corrected chi connectivity index (χ1v) is 5.79. The van der Waals surface area contributed by atoms with Crippen LogP contribution in [0, 0.1) is 0 Å². The topological polar surface area (TPSA) is 12.0 Å². The Morgan fingerprint density at radius 3 is 2.33 bits per heavy atom. The first-order valence-electron chi connectivity index (χ1n) is 3.11. The van der Waals surface area contributed by atoms with Crippen molar-refractivity contribution in [3.05, 3.63) is 11.5 Å². The van der Waals surface area contributed by atoms with Crippen LogP contribution in [0.3, 0.4) is 0 Å². The van der Waals surface area contributed by atoms with E-state index in [4.69, 9.17) is 0 Å². The molecule has 2 heteroatoms. The maximum absolute atomic E-state index is 3.18. The third-order valence-electron chi connectivity index (χ3n) is 1.02. The molecule has 0 spiro atoms. The maximum atomic E-state index is 3.18. The van der Waals surface area contributed by atoms with Gasteiger partial charge in [-0.3, -0.25) is 0 Å². The van der Waals surface area contributed by atoms with Gasteiger partial charge >= 0.3 is 0 Å². The monoisotopic (exact) mass is 147 g/mol. The first kappa shape index (κ1) is 9.05. The summed E-state index contributed by atoms with van der Waals surface area (Å²) in [5.74, 6) is 1.12. The molecule has 0 radical (unpaired) electrons. The summed E-state index contributed by atoms with van der Waals surface area (Å²) < 4.78 is 0. The van der Waals surface area contributed by atoms with E-state index in [-0.39, 0.29) is 0 Å². The summed E-state index contributed by atoms with van der Waals surface area (Å²) in [6, 6.07) is 0. The number of hydrogen-bond acceptors (Lipinski definition) is 1. The van der Waals surface area contributed by atoms with Gasteiger partial charge in [-0.15, -0.1) is 0 Å². The van der Waals surface area contributed by atoms with Crippen LogP contribution < -0.4 is 5.32 Å². The molecule has 1 nitrogen and oxygen atoms in total. The number of allylic oxidation sites excluding steroid dienone is 1. The van der Waals surface area contributed by atoms with E-state index in [9.17, 15) is 0 Å². The van der Waals surface area contributed by atoms with Crippen molar-refractivity contribution in [3.63, 3.8) is 0 Å². The summed E-state index contributed by atoms with van der Waals surface area (Å²) in [4.78, 5) is 0. The van der Waals surface area contributed by atoms with Crippen LogP contribution in [0.5, 0.6) is 0 Å². The molecule has 0 atom stereocenters. The Labute approximate surface area is 59.8 Å². The van der Waals surface area contributed by atoms with Gasteiger partial charge in [-0.05, 0) is 26.5 Å². The number of nitrogens with one attached hydrogen (secondary N) is 1. The van der Waals surface area contributed by atoms with E-state index in [1.807, 2.05) is 7.05 Å². The fourth-order valence-electron chi connectivity index (χ4n) is 0.789. The van der Waals surface area contributed by atoms with Gasteiger partial charge in [0.2, 0.25) is 0 Å². The van der Waals surface area contributed by atoms with Crippen LogP contribution in [-0.4, -0.2) is 25.4 Å². The molecule has 9 heavy (non-hydrogen) atoms. The second-order valence-electron chi connectivity index (χ2n) is 2.59. The highest BCUT2D eigenvalue weighted by atomic mass is 32.3. The van der Waals surface area contributed by atoms with Gasteiger partial charge in [-0.2, -0.15) is 0 Å². The molecule has 0 aliphatic heterocycles. The molecule has 0 saturated carbocycles. The van der Waals surface area contributed by atoms with Gasteiger partial charge < -0.3 is 5.32 Å². The normalized spacial score (nSPS) is 14.7. The molecule has 1 N–H and O–H groups in total. The first-order chi connectivity index (χ1) is 4.12. The zero-order valence-corrected chi connectivity index (χ0v) is 7.59. The van der Waals surface area contributed by atoms with Crippen LogP contribution in [0.2, 0.25) is 0 Å². The fourth-order valence-corrected chi connectivity index (χ4v) is 2.37. The van der Waals surface area contributed by atoms with Crippen LogP contribution in [0.1, 0.15) is 6.92 Å². The Morgan fingerprint density at radius 1 is 1.44 bits per heavy atom. The minimum Gasteiger partial charge on any atom is -0.312 e. The summed E-state index contributed by atoms with van der Waals surface area (Å²) in [5, 5.41) is 5.47. The highest BCUT2D eigenvalue weighted by Crippen LogP contribution is 2.39. The van der Waals surface area contributed by atoms with Gasteiger partial charge in [-0.1, -0.05) is 11.5 Å². The average molecular weight is 147 g/mol. The summed E-state index contributed by atoms with van der Waals surface area (Å²) >= 11 is 0. The highest BCUT2D eigenvalue weighted by molar-refractivity contribution is 8.35. The van der Waals surface area contributed by atoms with Crippen LogP contribution in [0.25, 0.3) is 0 Å². The summed E-state index contributed by atoms with van der Waals surface area (Å²) in [7, 11) is 1.52. The molecule has 0 amide bonds. The SMILES string of the molecule is CC=CS(C)(C)CNC. The Kier molecular flexibility index (Phi) is 3.98. The van der Waals surface area contributed by atoms with Gasteiger partial charge in [0.05, 0.1) is 0 Å². The van der Waals surface area contributed by atoms with E-state index in [1.54, 1.807) is 0 Å². The molecule has 0 bridgehead atoms. The van der Waals surface area contributed by atoms with Gasteiger partial charge in [0, 0.05) is 5.88 Å². The third kappa shape index (κ3) is 4.55. The predicted octanol–water partition coefficient (Wildman–Crippen LogP) is 1.76. The highest BCUT2D eigenvalue weighted by Gasteiger charge is 2.02. The van der Waals surface area contributed by atoms with E-state index in [1.165, 1.54) is 0 Å². The fraction of sp³-hybridized carbons (Fsp3) is 0.714.